The lowest BCUT2D eigenvalue weighted by Crippen LogP contribution is -2.27. The van der Waals surface area contributed by atoms with Gasteiger partial charge in [0.15, 0.2) is 5.03 Å². The summed E-state index contributed by atoms with van der Waals surface area (Å²) in [6, 6.07) is 0. The molecule has 0 amide bonds. The molecule has 1 aromatic heterocycles. The fraction of sp³-hybridized carbons (Fsp3) is 0.500. The largest absolute Gasteiger partial charge is 0.376 e. The molecule has 96 valence electrons. The van der Waals surface area contributed by atoms with Crippen molar-refractivity contribution in [3.63, 3.8) is 0 Å². The summed E-state index contributed by atoms with van der Waals surface area (Å²) in [5, 5.41) is 0.0815. The molecule has 0 saturated heterocycles. The molecule has 17 heavy (non-hydrogen) atoms. The van der Waals surface area contributed by atoms with Crippen LogP contribution >= 0.6 is 0 Å². The minimum absolute atomic E-state index is 0.0815. The number of aromatic nitrogens is 2. The van der Waals surface area contributed by atoms with Crippen LogP contribution in [0.2, 0.25) is 0 Å². The summed E-state index contributed by atoms with van der Waals surface area (Å²) in [7, 11) is -3.51. The third-order valence-corrected chi connectivity index (χ3v) is 3.37. The van der Waals surface area contributed by atoms with Gasteiger partial charge in [-0.1, -0.05) is 13.0 Å². The maximum Gasteiger partial charge on any atom is 0.257 e. The Bertz CT molecular complexity index is 453. The van der Waals surface area contributed by atoms with E-state index in [-0.39, 0.29) is 11.6 Å². The van der Waals surface area contributed by atoms with Crippen LogP contribution in [0.3, 0.4) is 0 Å². The van der Waals surface area contributed by atoms with Crippen molar-refractivity contribution < 1.29 is 13.2 Å². The summed E-state index contributed by atoms with van der Waals surface area (Å²) in [5.74, 6) is 0.647. The first-order valence-corrected chi connectivity index (χ1v) is 6.80. The maximum atomic E-state index is 11.7. The highest BCUT2D eigenvalue weighted by molar-refractivity contribution is 7.89. The van der Waals surface area contributed by atoms with Crippen LogP contribution in [-0.4, -0.2) is 38.1 Å². The van der Waals surface area contributed by atoms with E-state index < -0.39 is 10.0 Å². The van der Waals surface area contributed by atoms with E-state index in [1.54, 1.807) is 6.08 Å². The molecular formula is C10H17N3O3S. The van der Waals surface area contributed by atoms with E-state index in [1.165, 1.54) is 6.20 Å². The molecule has 0 spiro atoms. The zero-order valence-electron chi connectivity index (χ0n) is 9.77. The molecule has 7 heteroatoms. The van der Waals surface area contributed by atoms with Gasteiger partial charge >= 0.3 is 0 Å². The van der Waals surface area contributed by atoms with E-state index in [1.807, 2.05) is 6.92 Å². The Hall–Kier alpha value is -1.18. The number of imidazole rings is 1. The molecule has 0 aliphatic heterocycles. The Kier molecular flexibility index (Phi) is 5.33. The molecule has 0 aliphatic carbocycles. The lowest BCUT2D eigenvalue weighted by atomic mass is 10.5. The summed E-state index contributed by atoms with van der Waals surface area (Å²) in [6.07, 6.45) is 3.58. The molecule has 0 aromatic carbocycles. The first-order chi connectivity index (χ1) is 8.10. The molecule has 0 atom stereocenters. The number of sulfonamides is 1. The van der Waals surface area contributed by atoms with Crippen LogP contribution in [0.5, 0.6) is 0 Å². The van der Waals surface area contributed by atoms with Gasteiger partial charge in [0.05, 0.1) is 19.4 Å². The third kappa shape index (κ3) is 4.29. The lowest BCUT2D eigenvalue weighted by molar-refractivity contribution is 0.168. The molecule has 6 nitrogen and oxygen atoms in total. The Labute approximate surface area is 101 Å². The van der Waals surface area contributed by atoms with Crippen LogP contribution in [0.4, 0.5) is 0 Å². The average molecular weight is 259 g/mol. The number of aryl methyl sites for hydroxylation is 1. The van der Waals surface area contributed by atoms with Crippen molar-refractivity contribution in [1.82, 2.24) is 14.7 Å². The van der Waals surface area contributed by atoms with E-state index in [4.69, 9.17) is 4.74 Å². The molecule has 1 rings (SSSR count). The molecule has 1 aromatic rings. The minimum Gasteiger partial charge on any atom is -0.376 e. The third-order valence-electron chi connectivity index (χ3n) is 2.00. The van der Waals surface area contributed by atoms with Crippen LogP contribution in [0, 0.1) is 0 Å². The molecule has 0 saturated carbocycles. The van der Waals surface area contributed by atoms with Gasteiger partial charge in [-0.3, -0.25) is 0 Å². The number of ether oxygens (including phenoxy) is 1. The number of rotatable bonds is 8. The second-order valence-corrected chi connectivity index (χ2v) is 5.04. The Balaban J connectivity index is 2.48. The fourth-order valence-electron chi connectivity index (χ4n) is 1.15. The lowest BCUT2D eigenvalue weighted by Gasteiger charge is -2.04. The summed E-state index contributed by atoms with van der Waals surface area (Å²) in [4.78, 5) is 6.68. The summed E-state index contributed by atoms with van der Waals surface area (Å²) in [6.45, 7) is 6.32. The van der Waals surface area contributed by atoms with Crippen molar-refractivity contribution in [2.75, 3.05) is 19.8 Å². The zero-order chi connectivity index (χ0) is 12.7. The standard InChI is InChI=1S/C10H17N3O3S/c1-3-6-16-7-5-12-17(14,15)10-8-11-9(4-2)13-10/h3,8,12H,1,4-7H2,2H3,(H,11,13). The Morgan fingerprint density at radius 3 is 3.00 bits per heavy atom. The first kappa shape index (κ1) is 13.9. The quantitative estimate of drug-likeness (QED) is 0.524. The van der Waals surface area contributed by atoms with Gasteiger partial charge in [0, 0.05) is 13.0 Å². The van der Waals surface area contributed by atoms with Crippen molar-refractivity contribution in [2.24, 2.45) is 0 Å². The predicted molar refractivity (Wildman–Crippen MR) is 64.2 cm³/mol. The van der Waals surface area contributed by atoms with Crippen LogP contribution in [0.1, 0.15) is 12.7 Å². The monoisotopic (exact) mass is 259 g/mol. The molecule has 0 bridgehead atoms. The van der Waals surface area contributed by atoms with Crippen LogP contribution in [0.25, 0.3) is 0 Å². The van der Waals surface area contributed by atoms with E-state index in [9.17, 15) is 8.42 Å². The normalized spacial score (nSPS) is 11.6. The number of nitrogens with zero attached hydrogens (tertiary/aromatic N) is 1. The second kappa shape index (κ2) is 6.53. The van der Waals surface area contributed by atoms with Crippen molar-refractivity contribution >= 4 is 10.0 Å². The molecule has 0 radical (unpaired) electrons. The topological polar surface area (TPSA) is 84.1 Å². The van der Waals surface area contributed by atoms with Crippen LogP contribution in [-0.2, 0) is 21.2 Å². The first-order valence-electron chi connectivity index (χ1n) is 5.32. The Morgan fingerprint density at radius 1 is 1.65 bits per heavy atom. The van der Waals surface area contributed by atoms with Gasteiger partial charge in [0.2, 0.25) is 0 Å². The van der Waals surface area contributed by atoms with Gasteiger partial charge in [-0.25, -0.2) is 18.1 Å². The maximum absolute atomic E-state index is 11.7. The number of H-pyrrole nitrogens is 1. The van der Waals surface area contributed by atoms with Gasteiger partial charge in [-0.15, -0.1) is 6.58 Å². The number of hydrogen-bond donors (Lipinski definition) is 2. The van der Waals surface area contributed by atoms with E-state index in [0.717, 1.165) is 0 Å². The van der Waals surface area contributed by atoms with E-state index >= 15 is 0 Å². The van der Waals surface area contributed by atoms with Gasteiger partial charge in [0.25, 0.3) is 10.0 Å². The van der Waals surface area contributed by atoms with Crippen molar-refractivity contribution in [1.29, 1.82) is 0 Å². The predicted octanol–water partition coefficient (Wildman–Crippen LogP) is 0.453. The van der Waals surface area contributed by atoms with E-state index in [2.05, 4.69) is 21.3 Å². The number of hydrogen-bond acceptors (Lipinski definition) is 4. The molecular weight excluding hydrogens is 242 g/mol. The van der Waals surface area contributed by atoms with Crippen LogP contribution in [0.15, 0.2) is 23.9 Å². The highest BCUT2D eigenvalue weighted by Gasteiger charge is 2.15. The zero-order valence-corrected chi connectivity index (χ0v) is 10.6. The smallest absolute Gasteiger partial charge is 0.257 e. The minimum atomic E-state index is -3.51. The summed E-state index contributed by atoms with van der Waals surface area (Å²) < 4.78 is 31.0. The highest BCUT2D eigenvalue weighted by atomic mass is 32.2. The van der Waals surface area contributed by atoms with Crippen molar-refractivity contribution in [3.05, 3.63) is 24.7 Å². The highest BCUT2D eigenvalue weighted by Crippen LogP contribution is 2.05. The van der Waals surface area contributed by atoms with Crippen molar-refractivity contribution in [3.8, 4) is 0 Å². The SMILES string of the molecule is C=CCOCCNS(=O)(=O)c1cnc(CC)[nH]1. The van der Waals surface area contributed by atoms with Crippen molar-refractivity contribution in [2.45, 2.75) is 18.4 Å². The summed E-state index contributed by atoms with van der Waals surface area (Å²) >= 11 is 0. The van der Waals surface area contributed by atoms with E-state index in [0.29, 0.717) is 25.5 Å². The molecule has 1 heterocycles. The second-order valence-electron chi connectivity index (χ2n) is 3.31. The van der Waals surface area contributed by atoms with Gasteiger partial charge < -0.3 is 9.72 Å². The fourth-order valence-corrected chi connectivity index (χ4v) is 2.10. The van der Waals surface area contributed by atoms with Crippen LogP contribution < -0.4 is 4.72 Å². The average Bonchev–Trinajstić information content (AvgIpc) is 2.78. The molecule has 0 aliphatic rings. The van der Waals surface area contributed by atoms with Gasteiger partial charge in [-0.2, -0.15) is 0 Å². The molecule has 2 N–H and O–H groups in total. The number of aromatic amines is 1. The summed E-state index contributed by atoms with van der Waals surface area (Å²) in [5.41, 5.74) is 0. The molecule has 0 unspecified atom stereocenters. The Morgan fingerprint density at radius 2 is 2.41 bits per heavy atom. The van der Waals surface area contributed by atoms with Gasteiger partial charge in [0.1, 0.15) is 5.82 Å². The number of nitrogens with one attached hydrogen (secondary N) is 2. The van der Waals surface area contributed by atoms with Gasteiger partial charge in [-0.05, 0) is 0 Å². The molecule has 0 fully saturated rings.